The minimum Gasteiger partial charge on any atom is -0.362 e. The van der Waals surface area contributed by atoms with Gasteiger partial charge in [-0.05, 0) is 12.1 Å². The van der Waals surface area contributed by atoms with Gasteiger partial charge in [0.15, 0.2) is 0 Å². The molecule has 0 unspecified atom stereocenters. The molecule has 0 aliphatic rings. The fourth-order valence-corrected chi connectivity index (χ4v) is 2.49. The van der Waals surface area contributed by atoms with Gasteiger partial charge in [0.05, 0.1) is 17.4 Å². The number of fused-ring (bicyclic) bond motifs is 1. The minimum absolute atomic E-state index is 0.112. The predicted molar refractivity (Wildman–Crippen MR) is 76.1 cm³/mol. The first-order chi connectivity index (χ1) is 9.94. The monoisotopic (exact) mass is 288 g/mol. The molecule has 1 atom stereocenters. The van der Waals surface area contributed by atoms with Crippen LogP contribution in [0.4, 0.5) is 8.78 Å². The zero-order chi connectivity index (χ0) is 15.1. The lowest BCUT2D eigenvalue weighted by Gasteiger charge is -2.35. The smallest absolute Gasteiger partial charge is 0.296 e. The van der Waals surface area contributed by atoms with Crippen molar-refractivity contribution in [3.8, 4) is 0 Å². The van der Waals surface area contributed by atoms with Crippen LogP contribution in [0.3, 0.4) is 0 Å². The van der Waals surface area contributed by atoms with Crippen molar-refractivity contribution in [2.75, 3.05) is 0 Å². The summed E-state index contributed by atoms with van der Waals surface area (Å²) in [5, 5.41) is 10.9. The molecular weight excluding hydrogens is 274 g/mol. The summed E-state index contributed by atoms with van der Waals surface area (Å²) in [7, 11) is 0. The molecule has 108 valence electrons. The second-order valence-electron chi connectivity index (χ2n) is 5.03. The molecule has 1 N–H and O–H groups in total. The summed E-state index contributed by atoms with van der Waals surface area (Å²) < 4.78 is 29.6. The molecule has 0 aliphatic carbocycles. The summed E-state index contributed by atoms with van der Waals surface area (Å²) in [5.74, 6) is -3.39. The summed E-state index contributed by atoms with van der Waals surface area (Å²) in [5.41, 5.74) is -1.38. The largest absolute Gasteiger partial charge is 0.362 e. The number of para-hydroxylation sites is 2. The Labute approximate surface area is 120 Å². The first-order valence-electron chi connectivity index (χ1n) is 6.53. The third-order valence-corrected chi connectivity index (χ3v) is 3.59. The number of imidazole rings is 1. The van der Waals surface area contributed by atoms with Crippen LogP contribution < -0.4 is 0 Å². The first kappa shape index (κ1) is 13.7. The van der Waals surface area contributed by atoms with Crippen LogP contribution in [0, 0.1) is 0 Å². The van der Waals surface area contributed by atoms with Gasteiger partial charge >= 0.3 is 0 Å². The van der Waals surface area contributed by atoms with Gasteiger partial charge in [0.2, 0.25) is 5.72 Å². The lowest BCUT2D eigenvalue weighted by atomic mass is 9.96. The topological polar surface area (TPSA) is 38.0 Å². The number of hydrogen-bond acceptors (Lipinski definition) is 2. The number of hydrogen-bond donors (Lipinski definition) is 1. The molecule has 3 rings (SSSR count). The van der Waals surface area contributed by atoms with Gasteiger partial charge < -0.3 is 5.11 Å². The zero-order valence-corrected chi connectivity index (χ0v) is 11.4. The first-order valence-corrected chi connectivity index (χ1v) is 6.53. The highest BCUT2D eigenvalue weighted by atomic mass is 19.3. The maximum absolute atomic E-state index is 14.2. The standard InChI is InChI=1S/C16H14F2N2O/c1-15(17,18)16(21,12-7-3-2-4-8-12)20-11-19-13-9-5-6-10-14(13)20/h2-11,21H,1H3/t16-/m1/s1. The number of alkyl halides is 2. The van der Waals surface area contributed by atoms with Crippen molar-refractivity contribution in [1.82, 2.24) is 9.55 Å². The summed E-state index contributed by atoms with van der Waals surface area (Å²) >= 11 is 0. The normalized spacial score (nSPS) is 15.0. The van der Waals surface area contributed by atoms with Gasteiger partial charge in [-0.15, -0.1) is 0 Å². The molecule has 21 heavy (non-hydrogen) atoms. The van der Waals surface area contributed by atoms with E-state index in [0.717, 1.165) is 4.57 Å². The van der Waals surface area contributed by atoms with E-state index in [2.05, 4.69) is 4.98 Å². The molecule has 0 spiro atoms. The number of aromatic nitrogens is 2. The van der Waals surface area contributed by atoms with Crippen molar-refractivity contribution in [3.63, 3.8) is 0 Å². The lowest BCUT2D eigenvalue weighted by Crippen LogP contribution is -2.49. The highest BCUT2D eigenvalue weighted by molar-refractivity contribution is 5.75. The SMILES string of the molecule is CC(F)(F)[C@](O)(c1ccccc1)n1cnc2ccccc21. The van der Waals surface area contributed by atoms with Crippen molar-refractivity contribution in [3.05, 3.63) is 66.5 Å². The van der Waals surface area contributed by atoms with E-state index in [1.165, 1.54) is 18.5 Å². The molecule has 0 amide bonds. The van der Waals surface area contributed by atoms with E-state index < -0.39 is 11.6 Å². The van der Waals surface area contributed by atoms with Gasteiger partial charge in [0.25, 0.3) is 5.92 Å². The molecule has 0 radical (unpaired) electrons. The van der Waals surface area contributed by atoms with Crippen LogP contribution in [0.5, 0.6) is 0 Å². The van der Waals surface area contributed by atoms with E-state index in [4.69, 9.17) is 0 Å². The average Bonchev–Trinajstić information content (AvgIpc) is 2.90. The Morgan fingerprint density at radius 1 is 1.00 bits per heavy atom. The molecule has 1 aromatic heterocycles. The van der Waals surface area contributed by atoms with Crippen LogP contribution in [0.15, 0.2) is 60.9 Å². The molecule has 3 nitrogen and oxygen atoms in total. The molecule has 5 heteroatoms. The van der Waals surface area contributed by atoms with E-state index >= 15 is 0 Å². The summed E-state index contributed by atoms with van der Waals surface area (Å²) in [6.07, 6.45) is 1.25. The molecule has 0 aliphatic heterocycles. The second-order valence-corrected chi connectivity index (χ2v) is 5.03. The van der Waals surface area contributed by atoms with Crippen molar-refractivity contribution < 1.29 is 13.9 Å². The highest BCUT2D eigenvalue weighted by Crippen LogP contribution is 2.40. The van der Waals surface area contributed by atoms with Crippen molar-refractivity contribution >= 4 is 11.0 Å². The van der Waals surface area contributed by atoms with E-state index in [9.17, 15) is 13.9 Å². The molecular formula is C16H14F2N2O. The molecule has 0 bridgehead atoms. The van der Waals surface area contributed by atoms with Gasteiger partial charge in [-0.1, -0.05) is 42.5 Å². The Morgan fingerprint density at radius 2 is 1.62 bits per heavy atom. The van der Waals surface area contributed by atoms with Crippen LogP contribution >= 0.6 is 0 Å². The Hall–Kier alpha value is -2.27. The van der Waals surface area contributed by atoms with Crippen molar-refractivity contribution in [1.29, 1.82) is 0 Å². The number of nitrogens with zero attached hydrogens (tertiary/aromatic N) is 2. The molecule has 1 heterocycles. The molecule has 3 aromatic rings. The predicted octanol–water partition coefficient (Wildman–Crippen LogP) is 3.38. The Bertz CT molecular complexity index is 765. The summed E-state index contributed by atoms with van der Waals surface area (Å²) in [4.78, 5) is 4.09. The van der Waals surface area contributed by atoms with E-state index in [0.29, 0.717) is 18.0 Å². The van der Waals surface area contributed by atoms with Crippen LogP contribution in [0.1, 0.15) is 12.5 Å². The van der Waals surface area contributed by atoms with Crippen molar-refractivity contribution in [2.45, 2.75) is 18.6 Å². The van der Waals surface area contributed by atoms with Crippen LogP contribution in [0.25, 0.3) is 11.0 Å². The third-order valence-electron chi connectivity index (χ3n) is 3.59. The fourth-order valence-electron chi connectivity index (χ4n) is 2.49. The quantitative estimate of drug-likeness (QED) is 0.802. The van der Waals surface area contributed by atoms with Gasteiger partial charge in [0.1, 0.15) is 0 Å². The van der Waals surface area contributed by atoms with E-state index in [-0.39, 0.29) is 5.56 Å². The molecule has 2 aromatic carbocycles. The van der Waals surface area contributed by atoms with Gasteiger partial charge in [-0.3, -0.25) is 4.57 Å². The van der Waals surface area contributed by atoms with Gasteiger partial charge in [-0.2, -0.15) is 0 Å². The van der Waals surface area contributed by atoms with Crippen LogP contribution in [-0.4, -0.2) is 20.6 Å². The third kappa shape index (κ3) is 2.01. The lowest BCUT2D eigenvalue weighted by molar-refractivity contribution is -0.190. The maximum Gasteiger partial charge on any atom is 0.296 e. The fraction of sp³-hybridized carbons (Fsp3) is 0.188. The Morgan fingerprint density at radius 3 is 2.29 bits per heavy atom. The summed E-state index contributed by atoms with van der Waals surface area (Å²) in [6, 6.07) is 14.8. The average molecular weight is 288 g/mol. The number of aliphatic hydroxyl groups is 1. The van der Waals surface area contributed by atoms with Gasteiger partial charge in [0, 0.05) is 12.5 Å². The minimum atomic E-state index is -3.39. The molecule has 0 saturated heterocycles. The second kappa shape index (κ2) is 4.63. The zero-order valence-electron chi connectivity index (χ0n) is 11.4. The van der Waals surface area contributed by atoms with E-state index in [1.54, 1.807) is 42.5 Å². The number of rotatable bonds is 3. The van der Waals surface area contributed by atoms with Crippen LogP contribution in [-0.2, 0) is 5.72 Å². The summed E-state index contributed by atoms with van der Waals surface area (Å²) in [6.45, 7) is 0.703. The molecule has 0 saturated carbocycles. The van der Waals surface area contributed by atoms with Crippen LogP contribution in [0.2, 0.25) is 0 Å². The number of halogens is 2. The van der Waals surface area contributed by atoms with E-state index in [1.807, 2.05) is 0 Å². The Kier molecular flexibility index (Phi) is 3.02. The maximum atomic E-state index is 14.2. The van der Waals surface area contributed by atoms with Gasteiger partial charge in [-0.25, -0.2) is 13.8 Å². The highest BCUT2D eigenvalue weighted by Gasteiger charge is 2.52. The number of benzene rings is 2. The van der Waals surface area contributed by atoms with Crippen molar-refractivity contribution in [2.24, 2.45) is 0 Å². The molecule has 0 fully saturated rings. The Balaban J connectivity index is 2.31.